The number of piperidine rings is 1. The van der Waals surface area contributed by atoms with Gasteiger partial charge in [-0.05, 0) is 31.4 Å². The first kappa shape index (κ1) is 19.1. The molecule has 0 amide bonds. The number of hydrogen-bond acceptors (Lipinski definition) is 5. The monoisotopic (exact) mass is 371 g/mol. The van der Waals surface area contributed by atoms with Crippen LogP contribution in [-0.4, -0.2) is 44.4 Å². The molecule has 27 heavy (non-hydrogen) atoms. The molecule has 1 saturated heterocycles. The zero-order valence-electron chi connectivity index (χ0n) is 16.4. The summed E-state index contributed by atoms with van der Waals surface area (Å²) in [6.45, 7) is 4.56. The summed E-state index contributed by atoms with van der Waals surface area (Å²) in [7, 11) is 3.51. The second kappa shape index (κ2) is 9.30. The zero-order valence-corrected chi connectivity index (χ0v) is 16.4. The van der Waals surface area contributed by atoms with E-state index < -0.39 is 0 Å². The van der Waals surface area contributed by atoms with E-state index in [9.17, 15) is 0 Å². The van der Waals surface area contributed by atoms with E-state index in [0.29, 0.717) is 12.6 Å². The average Bonchev–Trinajstić information content (AvgIpc) is 3.19. The standard InChI is InChI=1S/C20H29N5O2/c1-4-15-12-17(27-24-15)13-22-20(21-2)23-16-8-7-11-25(14-16)18-9-5-6-10-19(18)26-3/h5-6,9-10,12,16H,4,7-8,11,13-14H2,1-3H3,(H2,21,22,23). The number of aryl methyl sites for hydroxylation is 1. The van der Waals surface area contributed by atoms with Crippen molar-refractivity contribution in [2.24, 2.45) is 4.99 Å². The molecule has 0 radical (unpaired) electrons. The molecule has 0 aliphatic carbocycles. The number of methoxy groups -OCH3 is 1. The van der Waals surface area contributed by atoms with Crippen molar-refractivity contribution in [3.63, 3.8) is 0 Å². The van der Waals surface area contributed by atoms with Gasteiger partial charge in [-0.2, -0.15) is 0 Å². The van der Waals surface area contributed by atoms with Crippen LogP contribution in [0.3, 0.4) is 0 Å². The highest BCUT2D eigenvalue weighted by Gasteiger charge is 2.22. The molecule has 1 aliphatic heterocycles. The van der Waals surface area contributed by atoms with Crippen LogP contribution in [0.4, 0.5) is 5.69 Å². The third-order valence-corrected chi connectivity index (χ3v) is 4.81. The molecule has 3 rings (SSSR count). The van der Waals surface area contributed by atoms with Crippen molar-refractivity contribution in [2.45, 2.75) is 38.8 Å². The maximum Gasteiger partial charge on any atom is 0.191 e. The molecule has 1 aliphatic rings. The van der Waals surface area contributed by atoms with Crippen molar-refractivity contribution in [2.75, 3.05) is 32.1 Å². The molecule has 0 saturated carbocycles. The van der Waals surface area contributed by atoms with Crippen LogP contribution in [0.5, 0.6) is 5.75 Å². The van der Waals surface area contributed by atoms with E-state index in [4.69, 9.17) is 9.26 Å². The number of aromatic nitrogens is 1. The molecule has 0 bridgehead atoms. The lowest BCUT2D eigenvalue weighted by atomic mass is 10.0. The van der Waals surface area contributed by atoms with Crippen molar-refractivity contribution >= 4 is 11.6 Å². The number of ether oxygens (including phenoxy) is 1. The van der Waals surface area contributed by atoms with Crippen LogP contribution in [0.15, 0.2) is 39.8 Å². The average molecular weight is 371 g/mol. The van der Waals surface area contributed by atoms with Gasteiger partial charge in [0.1, 0.15) is 5.75 Å². The van der Waals surface area contributed by atoms with Crippen molar-refractivity contribution in [1.29, 1.82) is 0 Å². The fraction of sp³-hybridized carbons (Fsp3) is 0.500. The summed E-state index contributed by atoms with van der Waals surface area (Å²) in [5, 5.41) is 10.9. The summed E-state index contributed by atoms with van der Waals surface area (Å²) in [6.07, 6.45) is 3.10. The molecule has 1 fully saturated rings. The van der Waals surface area contributed by atoms with Gasteiger partial charge in [0.2, 0.25) is 0 Å². The first-order valence-corrected chi connectivity index (χ1v) is 9.53. The predicted molar refractivity (Wildman–Crippen MR) is 107 cm³/mol. The largest absolute Gasteiger partial charge is 0.495 e. The van der Waals surface area contributed by atoms with E-state index in [0.717, 1.165) is 61.2 Å². The maximum atomic E-state index is 5.52. The number of rotatable bonds is 6. The van der Waals surface area contributed by atoms with E-state index in [-0.39, 0.29) is 0 Å². The normalized spacial score (nSPS) is 17.7. The lowest BCUT2D eigenvalue weighted by Gasteiger charge is -2.36. The smallest absolute Gasteiger partial charge is 0.191 e. The number of hydrogen-bond donors (Lipinski definition) is 2. The molecule has 1 unspecified atom stereocenters. The quantitative estimate of drug-likeness (QED) is 0.601. The maximum absolute atomic E-state index is 5.52. The van der Waals surface area contributed by atoms with Crippen LogP contribution in [0, 0.1) is 0 Å². The van der Waals surface area contributed by atoms with Crippen LogP contribution in [0.25, 0.3) is 0 Å². The van der Waals surface area contributed by atoms with E-state index in [1.54, 1.807) is 14.2 Å². The molecule has 1 aromatic heterocycles. The SMILES string of the molecule is CCc1cc(CNC(=NC)NC2CCCN(c3ccccc3OC)C2)on1. The molecule has 2 N–H and O–H groups in total. The molecular weight excluding hydrogens is 342 g/mol. The van der Waals surface area contributed by atoms with Gasteiger partial charge in [0.05, 0.1) is 25.0 Å². The van der Waals surface area contributed by atoms with Gasteiger partial charge in [-0.1, -0.05) is 24.2 Å². The van der Waals surface area contributed by atoms with Gasteiger partial charge in [-0.3, -0.25) is 4.99 Å². The Morgan fingerprint density at radius 1 is 1.41 bits per heavy atom. The van der Waals surface area contributed by atoms with E-state index in [1.807, 2.05) is 18.2 Å². The summed E-state index contributed by atoms with van der Waals surface area (Å²) < 4.78 is 10.8. The van der Waals surface area contributed by atoms with Crippen LogP contribution in [0.1, 0.15) is 31.2 Å². The molecule has 2 heterocycles. The molecule has 2 aromatic rings. The number of guanidine groups is 1. The minimum atomic E-state index is 0.316. The van der Waals surface area contributed by atoms with Gasteiger partial charge in [0.25, 0.3) is 0 Å². The molecule has 1 atom stereocenters. The topological polar surface area (TPSA) is 74.9 Å². The van der Waals surface area contributed by atoms with Crippen LogP contribution in [0.2, 0.25) is 0 Å². The second-order valence-corrected chi connectivity index (χ2v) is 6.67. The molecule has 0 spiro atoms. The summed E-state index contributed by atoms with van der Waals surface area (Å²) in [5.74, 6) is 2.50. The Balaban J connectivity index is 1.57. The Bertz CT molecular complexity index is 758. The van der Waals surface area contributed by atoms with Crippen molar-refractivity contribution < 1.29 is 9.26 Å². The van der Waals surface area contributed by atoms with Crippen molar-refractivity contribution in [3.8, 4) is 5.75 Å². The number of benzene rings is 1. The van der Waals surface area contributed by atoms with Gasteiger partial charge in [-0.25, -0.2) is 0 Å². The van der Waals surface area contributed by atoms with E-state index >= 15 is 0 Å². The molecule has 1 aromatic carbocycles. The number of nitrogens with zero attached hydrogens (tertiary/aromatic N) is 3. The highest BCUT2D eigenvalue weighted by molar-refractivity contribution is 5.80. The number of para-hydroxylation sites is 2. The fourth-order valence-electron chi connectivity index (χ4n) is 3.37. The summed E-state index contributed by atoms with van der Waals surface area (Å²) >= 11 is 0. The first-order chi connectivity index (χ1) is 13.2. The number of anilines is 1. The van der Waals surface area contributed by atoms with Gasteiger partial charge in [-0.15, -0.1) is 0 Å². The Labute approximate surface area is 160 Å². The lowest BCUT2D eigenvalue weighted by molar-refractivity contribution is 0.374. The number of nitrogens with one attached hydrogen (secondary N) is 2. The third kappa shape index (κ3) is 4.93. The Kier molecular flexibility index (Phi) is 6.57. The third-order valence-electron chi connectivity index (χ3n) is 4.81. The van der Waals surface area contributed by atoms with Crippen molar-refractivity contribution in [1.82, 2.24) is 15.8 Å². The van der Waals surface area contributed by atoms with Crippen LogP contribution >= 0.6 is 0 Å². The zero-order chi connectivity index (χ0) is 19.1. The highest BCUT2D eigenvalue weighted by atomic mass is 16.5. The highest BCUT2D eigenvalue weighted by Crippen LogP contribution is 2.29. The molecule has 7 nitrogen and oxygen atoms in total. The second-order valence-electron chi connectivity index (χ2n) is 6.67. The van der Waals surface area contributed by atoms with Gasteiger partial charge < -0.3 is 24.8 Å². The Morgan fingerprint density at radius 2 is 2.26 bits per heavy atom. The van der Waals surface area contributed by atoms with Gasteiger partial charge in [0, 0.05) is 32.2 Å². The lowest BCUT2D eigenvalue weighted by Crippen LogP contribution is -2.51. The predicted octanol–water partition coefficient (Wildman–Crippen LogP) is 2.58. The molecular formula is C20H29N5O2. The first-order valence-electron chi connectivity index (χ1n) is 9.53. The van der Waals surface area contributed by atoms with Crippen molar-refractivity contribution in [3.05, 3.63) is 41.8 Å². The van der Waals surface area contributed by atoms with Gasteiger partial charge >= 0.3 is 0 Å². The van der Waals surface area contributed by atoms with E-state index in [1.165, 1.54) is 0 Å². The minimum absolute atomic E-state index is 0.316. The Morgan fingerprint density at radius 3 is 3.00 bits per heavy atom. The summed E-state index contributed by atoms with van der Waals surface area (Å²) in [6, 6.07) is 10.5. The van der Waals surface area contributed by atoms with Crippen LogP contribution < -0.4 is 20.3 Å². The van der Waals surface area contributed by atoms with Crippen LogP contribution in [-0.2, 0) is 13.0 Å². The minimum Gasteiger partial charge on any atom is -0.495 e. The van der Waals surface area contributed by atoms with Gasteiger partial charge in [0.15, 0.2) is 11.7 Å². The molecule has 7 heteroatoms. The fourth-order valence-corrected chi connectivity index (χ4v) is 3.37. The Hall–Kier alpha value is -2.70. The summed E-state index contributed by atoms with van der Waals surface area (Å²) in [5.41, 5.74) is 2.11. The van der Waals surface area contributed by atoms with E-state index in [2.05, 4.69) is 44.7 Å². The molecule has 146 valence electrons. The summed E-state index contributed by atoms with van der Waals surface area (Å²) in [4.78, 5) is 6.72. The number of aliphatic imine (C=N–C) groups is 1.